The molecule has 0 saturated heterocycles. The van der Waals surface area contributed by atoms with Gasteiger partial charge in [-0.1, -0.05) is 6.58 Å². The number of rotatable bonds is 6. The van der Waals surface area contributed by atoms with Crippen LogP contribution < -0.4 is 5.32 Å². The fourth-order valence-electron chi connectivity index (χ4n) is 0.748. The van der Waals surface area contributed by atoms with Gasteiger partial charge in [0.1, 0.15) is 5.78 Å². The Morgan fingerprint density at radius 1 is 1.36 bits per heavy atom. The van der Waals surface area contributed by atoms with Crippen LogP contribution in [-0.4, -0.2) is 29.3 Å². The molecule has 0 aliphatic carbocycles. The molecule has 2 N–H and O–H groups in total. The third kappa shape index (κ3) is 5.93. The van der Waals surface area contributed by atoms with E-state index in [4.69, 9.17) is 5.11 Å². The van der Waals surface area contributed by atoms with Crippen LogP contribution in [0.5, 0.6) is 0 Å². The third-order valence-electron chi connectivity index (χ3n) is 1.46. The second-order valence-electron chi connectivity index (χ2n) is 2.89. The molecule has 0 atom stereocenters. The Morgan fingerprint density at radius 3 is 2.36 bits per heavy atom. The molecular formula is C9H13NO4. The monoisotopic (exact) mass is 199 g/mol. The Balaban J connectivity index is 3.64. The van der Waals surface area contributed by atoms with Gasteiger partial charge in [0, 0.05) is 12.1 Å². The Hall–Kier alpha value is -1.65. The number of nitrogens with one attached hydrogen (secondary N) is 1. The normalized spacial score (nSPS) is 9.21. The minimum absolute atomic E-state index is 0.0353. The van der Waals surface area contributed by atoms with Gasteiger partial charge in [-0.05, 0) is 13.3 Å². The summed E-state index contributed by atoms with van der Waals surface area (Å²) in [6.07, 6.45) is 0.0124. The number of carbonyl (C=O) groups excluding carboxylic acids is 2. The van der Waals surface area contributed by atoms with Crippen molar-refractivity contribution < 1.29 is 19.5 Å². The first-order valence-electron chi connectivity index (χ1n) is 4.10. The first-order chi connectivity index (χ1) is 6.43. The highest BCUT2D eigenvalue weighted by Crippen LogP contribution is 1.95. The van der Waals surface area contributed by atoms with E-state index >= 15 is 0 Å². The Labute approximate surface area is 81.8 Å². The number of Topliss-reactive ketones (excluding diaryl/α,β-unsaturated/α-hetero) is 1. The highest BCUT2D eigenvalue weighted by atomic mass is 16.4. The minimum atomic E-state index is -1.08. The lowest BCUT2D eigenvalue weighted by atomic mass is 10.2. The lowest BCUT2D eigenvalue weighted by Crippen LogP contribution is -2.26. The SMILES string of the molecule is C=C(CCNC(=O)CC(C)=O)C(=O)O. The van der Waals surface area contributed by atoms with E-state index in [0.29, 0.717) is 0 Å². The molecule has 0 rings (SSSR count). The van der Waals surface area contributed by atoms with E-state index in [1.165, 1.54) is 6.92 Å². The van der Waals surface area contributed by atoms with Gasteiger partial charge in [-0.2, -0.15) is 0 Å². The summed E-state index contributed by atoms with van der Waals surface area (Å²) in [6, 6.07) is 0. The second-order valence-corrected chi connectivity index (χ2v) is 2.89. The smallest absolute Gasteiger partial charge is 0.331 e. The van der Waals surface area contributed by atoms with Crippen molar-refractivity contribution in [1.29, 1.82) is 0 Å². The zero-order valence-corrected chi connectivity index (χ0v) is 8.00. The number of hydrogen-bond donors (Lipinski definition) is 2. The zero-order chi connectivity index (χ0) is 11.1. The molecule has 5 nitrogen and oxygen atoms in total. The van der Waals surface area contributed by atoms with Crippen molar-refractivity contribution in [3.63, 3.8) is 0 Å². The van der Waals surface area contributed by atoms with Crippen molar-refractivity contribution in [3.05, 3.63) is 12.2 Å². The van der Waals surface area contributed by atoms with Gasteiger partial charge in [0.25, 0.3) is 0 Å². The molecular weight excluding hydrogens is 186 g/mol. The van der Waals surface area contributed by atoms with Crippen molar-refractivity contribution in [2.45, 2.75) is 19.8 Å². The molecule has 0 bridgehead atoms. The van der Waals surface area contributed by atoms with E-state index in [-0.39, 0.29) is 30.7 Å². The Kier molecular flexibility index (Phi) is 5.21. The largest absolute Gasteiger partial charge is 0.478 e. The first kappa shape index (κ1) is 12.3. The summed E-state index contributed by atoms with van der Waals surface area (Å²) in [7, 11) is 0. The number of carbonyl (C=O) groups is 3. The second kappa shape index (κ2) is 5.90. The summed E-state index contributed by atoms with van der Waals surface area (Å²) in [5.41, 5.74) is 0.0353. The molecule has 0 aliphatic heterocycles. The summed E-state index contributed by atoms with van der Waals surface area (Å²) in [5.74, 6) is -1.69. The highest BCUT2D eigenvalue weighted by Gasteiger charge is 2.06. The van der Waals surface area contributed by atoms with Crippen molar-refractivity contribution in [3.8, 4) is 0 Å². The standard InChI is InChI=1S/C9H13NO4/c1-6(9(13)14)3-4-10-8(12)5-7(2)11/h1,3-5H2,2H3,(H,10,12)(H,13,14). The number of aliphatic carboxylic acids is 1. The van der Waals surface area contributed by atoms with E-state index in [2.05, 4.69) is 11.9 Å². The number of carboxylic acids is 1. The molecule has 0 aliphatic rings. The first-order valence-corrected chi connectivity index (χ1v) is 4.10. The molecule has 0 radical (unpaired) electrons. The average molecular weight is 199 g/mol. The summed E-state index contributed by atoms with van der Waals surface area (Å²) in [6.45, 7) is 4.80. The van der Waals surface area contributed by atoms with Gasteiger partial charge < -0.3 is 10.4 Å². The fraction of sp³-hybridized carbons (Fsp3) is 0.444. The third-order valence-corrected chi connectivity index (χ3v) is 1.46. The van der Waals surface area contributed by atoms with E-state index in [0.717, 1.165) is 0 Å². The van der Waals surface area contributed by atoms with Crippen LogP contribution in [0.1, 0.15) is 19.8 Å². The quantitative estimate of drug-likeness (QED) is 0.470. The van der Waals surface area contributed by atoms with Gasteiger partial charge in [0.2, 0.25) is 5.91 Å². The molecule has 0 aromatic rings. The van der Waals surface area contributed by atoms with E-state index in [1.807, 2.05) is 0 Å². The average Bonchev–Trinajstić information content (AvgIpc) is 2.02. The molecule has 14 heavy (non-hydrogen) atoms. The van der Waals surface area contributed by atoms with Crippen LogP contribution >= 0.6 is 0 Å². The lowest BCUT2D eigenvalue weighted by Gasteiger charge is -2.03. The van der Waals surface area contributed by atoms with Gasteiger partial charge in [-0.3, -0.25) is 9.59 Å². The summed E-state index contributed by atoms with van der Waals surface area (Å²) in [5, 5.41) is 10.8. The molecule has 0 spiro atoms. The van der Waals surface area contributed by atoms with Crippen molar-refractivity contribution in [2.24, 2.45) is 0 Å². The van der Waals surface area contributed by atoms with Crippen molar-refractivity contribution >= 4 is 17.7 Å². The number of carboxylic acid groups (broad SMARTS) is 1. The molecule has 0 saturated carbocycles. The lowest BCUT2D eigenvalue weighted by molar-refractivity contribution is -0.133. The summed E-state index contributed by atoms with van der Waals surface area (Å²) in [4.78, 5) is 31.7. The highest BCUT2D eigenvalue weighted by molar-refractivity contribution is 5.96. The molecule has 78 valence electrons. The topological polar surface area (TPSA) is 83.5 Å². The number of amides is 1. The minimum Gasteiger partial charge on any atom is -0.478 e. The zero-order valence-electron chi connectivity index (χ0n) is 8.00. The maximum atomic E-state index is 10.9. The van der Waals surface area contributed by atoms with E-state index in [9.17, 15) is 14.4 Å². The van der Waals surface area contributed by atoms with Crippen LogP contribution in [0.2, 0.25) is 0 Å². The van der Waals surface area contributed by atoms with E-state index in [1.54, 1.807) is 0 Å². The predicted octanol–water partition coefficient (Wildman–Crippen LogP) is 0.113. The molecule has 5 heteroatoms. The maximum absolute atomic E-state index is 10.9. The van der Waals surface area contributed by atoms with Gasteiger partial charge in [-0.25, -0.2) is 4.79 Å². The Bertz CT molecular complexity index is 270. The van der Waals surface area contributed by atoms with Gasteiger partial charge in [0.15, 0.2) is 0 Å². The van der Waals surface area contributed by atoms with Gasteiger partial charge >= 0.3 is 5.97 Å². The van der Waals surface area contributed by atoms with E-state index < -0.39 is 11.9 Å². The summed E-state index contributed by atoms with van der Waals surface area (Å²) >= 11 is 0. The van der Waals surface area contributed by atoms with Crippen LogP contribution in [0.3, 0.4) is 0 Å². The molecule has 0 heterocycles. The molecule has 0 unspecified atom stereocenters. The van der Waals surface area contributed by atoms with Crippen LogP contribution in [0.25, 0.3) is 0 Å². The Morgan fingerprint density at radius 2 is 1.93 bits per heavy atom. The molecule has 0 fully saturated rings. The molecule has 0 aromatic carbocycles. The van der Waals surface area contributed by atoms with Crippen LogP contribution in [-0.2, 0) is 14.4 Å². The van der Waals surface area contributed by atoms with Crippen LogP contribution in [0, 0.1) is 0 Å². The number of hydrogen-bond acceptors (Lipinski definition) is 3. The molecule has 0 aromatic heterocycles. The maximum Gasteiger partial charge on any atom is 0.331 e. The van der Waals surface area contributed by atoms with Crippen molar-refractivity contribution in [1.82, 2.24) is 5.32 Å². The van der Waals surface area contributed by atoms with Gasteiger partial charge in [0.05, 0.1) is 6.42 Å². The number of ketones is 1. The summed E-state index contributed by atoms with van der Waals surface area (Å²) < 4.78 is 0. The fourth-order valence-corrected chi connectivity index (χ4v) is 0.748. The van der Waals surface area contributed by atoms with Crippen LogP contribution in [0.4, 0.5) is 0 Å². The van der Waals surface area contributed by atoms with Gasteiger partial charge in [-0.15, -0.1) is 0 Å². The van der Waals surface area contributed by atoms with Crippen molar-refractivity contribution in [2.75, 3.05) is 6.54 Å². The predicted molar refractivity (Wildman–Crippen MR) is 49.7 cm³/mol. The van der Waals surface area contributed by atoms with Crippen LogP contribution in [0.15, 0.2) is 12.2 Å². The molecule has 1 amide bonds.